The van der Waals surface area contributed by atoms with Gasteiger partial charge in [-0.1, -0.05) is 48.5 Å². The summed E-state index contributed by atoms with van der Waals surface area (Å²) in [5.41, 5.74) is 3.46. The molecule has 348 valence electrons. The first-order valence-corrected chi connectivity index (χ1v) is 24.9. The molecule has 4 aromatic rings. The van der Waals surface area contributed by atoms with Crippen LogP contribution in [0.2, 0.25) is 0 Å². The largest absolute Gasteiger partial charge is 0.497 e. The smallest absolute Gasteiger partial charge is 0.222 e. The van der Waals surface area contributed by atoms with E-state index < -0.39 is 20.0 Å². The van der Waals surface area contributed by atoms with E-state index >= 15 is 0 Å². The van der Waals surface area contributed by atoms with Gasteiger partial charge >= 0.3 is 0 Å². The van der Waals surface area contributed by atoms with Crippen molar-refractivity contribution in [1.82, 2.24) is 18.4 Å². The molecule has 0 unspecified atom stereocenters. The second kappa shape index (κ2) is 23.7. The molecule has 2 atom stereocenters. The lowest BCUT2D eigenvalue weighted by atomic mass is 10.0. The van der Waals surface area contributed by atoms with Crippen LogP contribution in [0.3, 0.4) is 0 Å². The summed E-state index contributed by atoms with van der Waals surface area (Å²) in [4.78, 5) is 28.0. The zero-order chi connectivity index (χ0) is 46.3. The fourth-order valence-electron chi connectivity index (χ4n) is 7.81. The first-order chi connectivity index (χ1) is 30.6. The number of nitrogens with zero attached hydrogens (tertiary/aromatic N) is 4. The van der Waals surface area contributed by atoms with E-state index in [9.17, 15) is 26.4 Å². The van der Waals surface area contributed by atoms with E-state index in [1.54, 1.807) is 38.2 Å². The summed E-state index contributed by atoms with van der Waals surface area (Å²) in [6.45, 7) is 5.34. The molecule has 2 heterocycles. The maximum atomic E-state index is 13.4. The maximum Gasteiger partial charge on any atom is 0.222 e. The van der Waals surface area contributed by atoms with E-state index in [1.807, 2.05) is 111 Å². The molecule has 14 nitrogen and oxygen atoms in total. The summed E-state index contributed by atoms with van der Waals surface area (Å²) in [5, 5.41) is 0. The Morgan fingerprint density at radius 1 is 0.469 bits per heavy atom. The van der Waals surface area contributed by atoms with Crippen molar-refractivity contribution in [1.29, 1.82) is 0 Å². The van der Waals surface area contributed by atoms with Gasteiger partial charge in [0.15, 0.2) is 0 Å². The number of likely N-dealkylation sites (tertiary alicyclic amines) is 2. The van der Waals surface area contributed by atoms with Crippen LogP contribution in [0.15, 0.2) is 97.1 Å². The molecule has 16 heteroatoms. The number of carbonyl (C=O) groups is 2. The topological polar surface area (TPSA) is 152 Å². The van der Waals surface area contributed by atoms with Gasteiger partial charge < -0.3 is 28.7 Å². The van der Waals surface area contributed by atoms with Crippen molar-refractivity contribution in [3.05, 3.63) is 119 Å². The number of hydrogen-bond acceptors (Lipinski definition) is 10. The lowest BCUT2D eigenvalue weighted by molar-refractivity contribution is -0.136. The number of amides is 2. The number of carbonyl (C=O) groups excluding carboxylic acids is 2. The van der Waals surface area contributed by atoms with Crippen molar-refractivity contribution in [2.45, 2.75) is 90.6 Å². The van der Waals surface area contributed by atoms with Crippen LogP contribution in [0.4, 0.5) is 0 Å². The summed E-state index contributed by atoms with van der Waals surface area (Å²) in [6, 6.07) is 29.6. The van der Waals surface area contributed by atoms with E-state index in [0.717, 1.165) is 70.9 Å². The first-order valence-electron chi connectivity index (χ1n) is 21.7. The second-order valence-corrected chi connectivity index (χ2v) is 20.4. The third kappa shape index (κ3) is 14.4. The van der Waals surface area contributed by atoms with Crippen LogP contribution < -0.4 is 18.9 Å². The third-order valence-electron chi connectivity index (χ3n) is 11.8. The Morgan fingerprint density at radius 3 is 0.938 bits per heavy atom. The molecule has 0 N–H and O–H groups in total. The SMILES string of the molecule is COc1ccc(CN(Cc2ccc(OC)cc2)S(=O)(=O)CCN2C(=O)CCC[C@@H]2C)cc1.COc1ccc(CN(Cc2ccc(OC)cc2)S(=O)(=O)CCN2C(=O)CCC[C@H]2C)cc1. The molecule has 2 saturated heterocycles. The number of ether oxygens (including phenoxy) is 4. The molecular formula is C48H64N4O10S2. The Hall–Kier alpha value is -5.16. The van der Waals surface area contributed by atoms with Crippen LogP contribution >= 0.6 is 0 Å². The van der Waals surface area contributed by atoms with Gasteiger partial charge in [0.05, 0.1) is 39.9 Å². The van der Waals surface area contributed by atoms with Gasteiger partial charge in [0.25, 0.3) is 0 Å². The minimum atomic E-state index is -3.62. The van der Waals surface area contributed by atoms with Gasteiger partial charge in [-0.25, -0.2) is 16.8 Å². The van der Waals surface area contributed by atoms with Crippen LogP contribution in [-0.2, 0) is 55.8 Å². The Labute approximate surface area is 380 Å². The number of sulfonamides is 2. The van der Waals surface area contributed by atoms with E-state index in [-0.39, 0.29) is 74.7 Å². The van der Waals surface area contributed by atoms with Gasteiger partial charge in [-0.2, -0.15) is 8.61 Å². The van der Waals surface area contributed by atoms with Gasteiger partial charge in [0.2, 0.25) is 31.9 Å². The van der Waals surface area contributed by atoms with Crippen LogP contribution in [0, 0.1) is 0 Å². The summed E-state index contributed by atoms with van der Waals surface area (Å²) in [6.07, 6.45) is 4.53. The molecule has 0 aliphatic carbocycles. The van der Waals surface area contributed by atoms with Crippen molar-refractivity contribution in [3.63, 3.8) is 0 Å². The summed E-state index contributed by atoms with van der Waals surface area (Å²) >= 11 is 0. The molecule has 2 aliphatic heterocycles. The number of piperidine rings is 2. The Morgan fingerprint density at radius 2 is 0.719 bits per heavy atom. The molecule has 2 aliphatic rings. The molecule has 64 heavy (non-hydrogen) atoms. The Kier molecular flexibility index (Phi) is 18.4. The highest BCUT2D eigenvalue weighted by Gasteiger charge is 2.31. The minimum Gasteiger partial charge on any atom is -0.497 e. The van der Waals surface area contributed by atoms with E-state index in [0.29, 0.717) is 12.8 Å². The lowest BCUT2D eigenvalue weighted by Crippen LogP contribution is -2.45. The highest BCUT2D eigenvalue weighted by atomic mass is 32.2. The average molecular weight is 921 g/mol. The van der Waals surface area contributed by atoms with Crippen molar-refractivity contribution in [2.75, 3.05) is 53.0 Å². The second-order valence-electron chi connectivity index (χ2n) is 16.2. The molecule has 4 aromatic carbocycles. The van der Waals surface area contributed by atoms with E-state index in [2.05, 4.69) is 0 Å². The molecule has 2 amide bonds. The standard InChI is InChI=1S/2C24H32N2O5S/c2*1-19-5-4-6-24(27)26(19)15-16-32(28,29)25(17-20-7-11-22(30-2)12-8-20)18-21-9-13-23(31-3)14-10-21/h2*7-14,19H,4-6,15-18H2,1-3H3/t2*19-/m10/s1. The lowest BCUT2D eigenvalue weighted by Gasteiger charge is -2.34. The van der Waals surface area contributed by atoms with Gasteiger partial charge in [0, 0.05) is 64.2 Å². The summed E-state index contributed by atoms with van der Waals surface area (Å²) in [7, 11) is -0.857. The summed E-state index contributed by atoms with van der Waals surface area (Å²) in [5.74, 6) is 2.75. The zero-order valence-electron chi connectivity index (χ0n) is 38.0. The molecule has 0 aromatic heterocycles. The third-order valence-corrected chi connectivity index (χ3v) is 15.3. The molecule has 6 rings (SSSR count). The van der Waals surface area contributed by atoms with Crippen LogP contribution in [0.5, 0.6) is 23.0 Å². The normalized spacial score (nSPS) is 16.9. The number of methoxy groups -OCH3 is 4. The molecular weight excluding hydrogens is 857 g/mol. The van der Waals surface area contributed by atoms with Gasteiger partial charge in [-0.05, 0) is 110 Å². The summed E-state index contributed by atoms with van der Waals surface area (Å²) < 4.78 is 77.3. The van der Waals surface area contributed by atoms with E-state index in [1.165, 1.54) is 8.61 Å². The highest BCUT2D eigenvalue weighted by molar-refractivity contribution is 7.89. The minimum absolute atomic E-state index is 0.0378. The van der Waals surface area contributed by atoms with Crippen LogP contribution in [0.25, 0.3) is 0 Å². The van der Waals surface area contributed by atoms with Gasteiger partial charge in [-0.15, -0.1) is 0 Å². The van der Waals surface area contributed by atoms with E-state index in [4.69, 9.17) is 18.9 Å². The Bertz CT molecular complexity index is 2050. The highest BCUT2D eigenvalue weighted by Crippen LogP contribution is 2.24. The molecule has 0 spiro atoms. The molecule has 2 fully saturated rings. The fourth-order valence-corrected chi connectivity index (χ4v) is 10.6. The quantitative estimate of drug-likeness (QED) is 0.0919. The van der Waals surface area contributed by atoms with Crippen molar-refractivity contribution < 1.29 is 45.4 Å². The number of benzene rings is 4. The first kappa shape index (κ1) is 49.8. The molecule has 0 radical (unpaired) electrons. The predicted molar refractivity (Wildman–Crippen MR) is 248 cm³/mol. The predicted octanol–water partition coefficient (Wildman–Crippen LogP) is 6.87. The zero-order valence-corrected chi connectivity index (χ0v) is 39.6. The Balaban J connectivity index is 0.000000241. The number of hydrogen-bond donors (Lipinski definition) is 0. The van der Waals surface area contributed by atoms with Crippen molar-refractivity contribution in [2.24, 2.45) is 0 Å². The molecule has 0 saturated carbocycles. The van der Waals surface area contributed by atoms with Gasteiger partial charge in [0.1, 0.15) is 23.0 Å². The van der Waals surface area contributed by atoms with Gasteiger partial charge in [-0.3, -0.25) is 9.59 Å². The average Bonchev–Trinajstić information content (AvgIpc) is 3.29. The monoisotopic (exact) mass is 920 g/mol. The number of rotatable bonds is 20. The van der Waals surface area contributed by atoms with Crippen LogP contribution in [0.1, 0.15) is 74.6 Å². The van der Waals surface area contributed by atoms with Crippen LogP contribution in [-0.4, -0.2) is 112 Å². The van der Waals surface area contributed by atoms with Crippen molar-refractivity contribution in [3.8, 4) is 23.0 Å². The molecule has 0 bridgehead atoms. The maximum absolute atomic E-state index is 13.4. The van der Waals surface area contributed by atoms with Crippen molar-refractivity contribution >= 4 is 31.9 Å². The fraction of sp³-hybridized carbons (Fsp3) is 0.458.